The summed E-state index contributed by atoms with van der Waals surface area (Å²) in [6.45, 7) is 3.85. The third-order valence-electron chi connectivity index (χ3n) is 6.25. The smallest absolute Gasteiger partial charge is 0.263 e. The molecule has 1 saturated carbocycles. The number of nitrogens with zero attached hydrogens (tertiary/aromatic N) is 7. The molecule has 5 heterocycles. The highest BCUT2D eigenvalue weighted by Gasteiger charge is 2.58. The van der Waals surface area contributed by atoms with E-state index in [-0.39, 0.29) is 18.0 Å². The summed E-state index contributed by atoms with van der Waals surface area (Å²) in [6.07, 6.45) is 4.85. The molecule has 4 aromatic heterocycles. The topological polar surface area (TPSA) is 103 Å². The molecule has 4 aromatic rings. The SMILES string of the molecule is Cc1ccnc2ncn(Cc3nc([C@@H]4[C@@H]5CN(c6cc(Cl)ccn6)C[C@@H]54)no3)c(=O)c12. The van der Waals surface area contributed by atoms with Gasteiger partial charge in [-0.1, -0.05) is 16.8 Å². The summed E-state index contributed by atoms with van der Waals surface area (Å²) in [5, 5.41) is 5.39. The fourth-order valence-electron chi connectivity index (χ4n) is 4.62. The molecule has 156 valence electrons. The largest absolute Gasteiger partial charge is 0.356 e. The van der Waals surface area contributed by atoms with E-state index in [1.807, 2.05) is 13.0 Å². The molecule has 0 N–H and O–H groups in total. The number of hydrogen-bond acceptors (Lipinski definition) is 8. The summed E-state index contributed by atoms with van der Waals surface area (Å²) in [7, 11) is 0. The van der Waals surface area contributed by atoms with Crippen molar-refractivity contribution < 1.29 is 4.52 Å². The zero-order valence-electron chi connectivity index (χ0n) is 16.6. The average molecular weight is 436 g/mol. The number of pyridine rings is 2. The van der Waals surface area contributed by atoms with Crippen molar-refractivity contribution in [2.75, 3.05) is 18.0 Å². The summed E-state index contributed by atoms with van der Waals surface area (Å²) in [6, 6.07) is 5.47. The molecule has 9 nitrogen and oxygen atoms in total. The molecular formula is C21H18ClN7O2. The quantitative estimate of drug-likeness (QED) is 0.481. The predicted octanol–water partition coefficient (Wildman–Crippen LogP) is 2.43. The third-order valence-corrected chi connectivity index (χ3v) is 6.48. The molecule has 1 saturated heterocycles. The van der Waals surface area contributed by atoms with E-state index in [4.69, 9.17) is 16.1 Å². The Balaban J connectivity index is 1.18. The van der Waals surface area contributed by atoms with Gasteiger partial charge in [-0.25, -0.2) is 15.0 Å². The van der Waals surface area contributed by atoms with Crippen LogP contribution >= 0.6 is 11.6 Å². The molecule has 31 heavy (non-hydrogen) atoms. The molecule has 0 unspecified atom stereocenters. The van der Waals surface area contributed by atoms with Crippen molar-refractivity contribution >= 4 is 28.5 Å². The molecule has 1 aliphatic heterocycles. The first-order valence-electron chi connectivity index (χ1n) is 10.1. The first-order chi connectivity index (χ1) is 15.1. The molecule has 1 aliphatic carbocycles. The maximum atomic E-state index is 12.8. The fourth-order valence-corrected chi connectivity index (χ4v) is 4.77. The van der Waals surface area contributed by atoms with E-state index in [0.717, 1.165) is 24.5 Å². The summed E-state index contributed by atoms with van der Waals surface area (Å²) in [5.74, 6) is 3.25. The summed E-state index contributed by atoms with van der Waals surface area (Å²) in [4.78, 5) is 32.5. The highest BCUT2D eigenvalue weighted by molar-refractivity contribution is 6.30. The zero-order valence-corrected chi connectivity index (χ0v) is 17.4. The molecule has 0 bridgehead atoms. The minimum atomic E-state index is -0.164. The van der Waals surface area contributed by atoms with Crippen LogP contribution in [0.4, 0.5) is 5.82 Å². The highest BCUT2D eigenvalue weighted by Crippen LogP contribution is 2.57. The highest BCUT2D eigenvalue weighted by atomic mass is 35.5. The standard InChI is InChI=1S/C21H18ClN7O2/c1-11-2-4-24-19-17(11)21(30)29(10-25-19)9-16-26-20(27-31-16)18-13-7-28(8-14(13)18)15-6-12(22)3-5-23-15/h2-6,10,13-14,18H,7-9H2,1H3/t13-,14+,18-. The van der Waals surface area contributed by atoms with Crippen LogP contribution in [0.2, 0.25) is 5.02 Å². The minimum absolute atomic E-state index is 0.164. The van der Waals surface area contributed by atoms with Crippen molar-refractivity contribution in [2.45, 2.75) is 19.4 Å². The molecule has 10 heteroatoms. The molecule has 0 radical (unpaired) electrons. The maximum Gasteiger partial charge on any atom is 0.263 e. The first kappa shape index (κ1) is 18.4. The van der Waals surface area contributed by atoms with Gasteiger partial charge in [0.05, 0.1) is 5.39 Å². The van der Waals surface area contributed by atoms with Gasteiger partial charge in [-0.2, -0.15) is 4.98 Å². The minimum Gasteiger partial charge on any atom is -0.356 e. The lowest BCUT2D eigenvalue weighted by Crippen LogP contribution is -2.24. The van der Waals surface area contributed by atoms with Crippen LogP contribution < -0.4 is 10.5 Å². The van der Waals surface area contributed by atoms with Crippen LogP contribution in [0.25, 0.3) is 11.0 Å². The van der Waals surface area contributed by atoms with Gasteiger partial charge in [0, 0.05) is 36.4 Å². The van der Waals surface area contributed by atoms with Crippen molar-refractivity contribution in [3.63, 3.8) is 0 Å². The first-order valence-corrected chi connectivity index (χ1v) is 10.5. The number of fused-ring (bicyclic) bond motifs is 2. The predicted molar refractivity (Wildman–Crippen MR) is 113 cm³/mol. The van der Waals surface area contributed by atoms with Gasteiger partial charge in [0.25, 0.3) is 5.56 Å². The van der Waals surface area contributed by atoms with Crippen molar-refractivity contribution in [1.29, 1.82) is 0 Å². The Morgan fingerprint density at radius 1 is 1.16 bits per heavy atom. The number of rotatable bonds is 4. The number of hydrogen-bond donors (Lipinski definition) is 0. The fraction of sp³-hybridized carbons (Fsp3) is 0.333. The molecule has 0 spiro atoms. The second-order valence-electron chi connectivity index (χ2n) is 8.14. The summed E-state index contributed by atoms with van der Waals surface area (Å²) < 4.78 is 6.93. The number of anilines is 1. The number of piperidine rings is 1. The molecule has 0 amide bonds. The van der Waals surface area contributed by atoms with Crippen LogP contribution in [0.15, 0.2) is 46.2 Å². The molecule has 2 fully saturated rings. The lowest BCUT2D eigenvalue weighted by atomic mass is 10.2. The van der Waals surface area contributed by atoms with Crippen LogP contribution in [0.1, 0.15) is 23.2 Å². The molecular weight excluding hydrogens is 418 g/mol. The van der Waals surface area contributed by atoms with Crippen molar-refractivity contribution in [1.82, 2.24) is 29.7 Å². The molecule has 3 atom stereocenters. The van der Waals surface area contributed by atoms with Crippen LogP contribution in [-0.2, 0) is 6.54 Å². The lowest BCUT2D eigenvalue weighted by Gasteiger charge is -2.20. The summed E-state index contributed by atoms with van der Waals surface area (Å²) >= 11 is 6.09. The van der Waals surface area contributed by atoms with Crippen LogP contribution in [-0.4, -0.2) is 42.7 Å². The van der Waals surface area contributed by atoms with E-state index in [9.17, 15) is 4.79 Å². The average Bonchev–Trinajstić information content (AvgIpc) is 3.09. The van der Waals surface area contributed by atoms with Crippen LogP contribution in [0.5, 0.6) is 0 Å². The van der Waals surface area contributed by atoms with Gasteiger partial charge in [0.1, 0.15) is 18.7 Å². The number of aromatic nitrogens is 6. The van der Waals surface area contributed by atoms with Gasteiger partial charge in [-0.15, -0.1) is 0 Å². The Kier molecular flexibility index (Phi) is 4.07. The van der Waals surface area contributed by atoms with Crippen LogP contribution in [0.3, 0.4) is 0 Å². The Hall–Kier alpha value is -3.33. The Bertz CT molecular complexity index is 1360. The summed E-state index contributed by atoms with van der Waals surface area (Å²) in [5.41, 5.74) is 1.12. The molecule has 0 aromatic carbocycles. The normalized spacial score (nSPS) is 22.1. The van der Waals surface area contributed by atoms with E-state index in [2.05, 4.69) is 30.0 Å². The van der Waals surface area contributed by atoms with E-state index in [1.54, 1.807) is 24.5 Å². The lowest BCUT2D eigenvalue weighted by molar-refractivity contribution is 0.363. The zero-order chi connectivity index (χ0) is 21.1. The second kappa shape index (κ2) is 6.84. The third kappa shape index (κ3) is 3.07. The van der Waals surface area contributed by atoms with Crippen molar-refractivity contribution in [3.05, 3.63) is 69.6 Å². The Labute approximate surface area is 181 Å². The van der Waals surface area contributed by atoms with Crippen LogP contribution in [0, 0.1) is 18.8 Å². The van der Waals surface area contributed by atoms with Gasteiger partial charge in [-0.3, -0.25) is 9.36 Å². The van der Waals surface area contributed by atoms with Crippen molar-refractivity contribution in [3.8, 4) is 0 Å². The van der Waals surface area contributed by atoms with Gasteiger partial charge >= 0.3 is 0 Å². The number of aryl methyl sites for hydroxylation is 1. The van der Waals surface area contributed by atoms with Gasteiger partial charge in [0.15, 0.2) is 11.5 Å². The van der Waals surface area contributed by atoms with E-state index < -0.39 is 0 Å². The Morgan fingerprint density at radius 3 is 2.77 bits per heavy atom. The molecule has 6 rings (SSSR count). The van der Waals surface area contributed by atoms with Gasteiger partial charge in [0.2, 0.25) is 5.89 Å². The molecule has 2 aliphatic rings. The van der Waals surface area contributed by atoms with Gasteiger partial charge in [-0.05, 0) is 42.5 Å². The van der Waals surface area contributed by atoms with Gasteiger partial charge < -0.3 is 9.42 Å². The van der Waals surface area contributed by atoms with E-state index >= 15 is 0 Å². The van der Waals surface area contributed by atoms with E-state index in [0.29, 0.717) is 39.6 Å². The monoisotopic (exact) mass is 435 g/mol. The number of halogens is 1. The Morgan fingerprint density at radius 2 is 1.97 bits per heavy atom. The maximum absolute atomic E-state index is 12.8. The van der Waals surface area contributed by atoms with E-state index in [1.165, 1.54) is 10.9 Å². The second-order valence-corrected chi connectivity index (χ2v) is 8.58. The van der Waals surface area contributed by atoms with Crippen molar-refractivity contribution in [2.24, 2.45) is 11.8 Å².